The van der Waals surface area contributed by atoms with Gasteiger partial charge in [0.05, 0.1) is 17.3 Å². The van der Waals surface area contributed by atoms with Crippen LogP contribution < -0.4 is 0 Å². The molecule has 0 bridgehead atoms. The van der Waals surface area contributed by atoms with Gasteiger partial charge >= 0.3 is 0 Å². The van der Waals surface area contributed by atoms with E-state index in [1.54, 1.807) is 15.4 Å². The average molecular weight is 346 g/mol. The topological polar surface area (TPSA) is 99.8 Å². The fraction of sp³-hybridized carbons (Fsp3) is 0.176. The molecule has 128 valence electrons. The molecule has 0 amide bonds. The van der Waals surface area contributed by atoms with Gasteiger partial charge in [0.1, 0.15) is 12.1 Å². The summed E-state index contributed by atoms with van der Waals surface area (Å²) >= 11 is 0. The van der Waals surface area contributed by atoms with E-state index < -0.39 is 0 Å². The van der Waals surface area contributed by atoms with E-state index in [0.717, 1.165) is 28.0 Å². The van der Waals surface area contributed by atoms with Crippen molar-refractivity contribution in [2.24, 2.45) is 0 Å². The minimum atomic E-state index is 0.345. The van der Waals surface area contributed by atoms with Gasteiger partial charge in [0.15, 0.2) is 5.65 Å². The number of rotatable bonds is 3. The lowest BCUT2D eigenvalue weighted by atomic mass is 10.3. The third kappa shape index (κ3) is 2.25. The van der Waals surface area contributed by atoms with Crippen molar-refractivity contribution in [1.29, 1.82) is 0 Å². The highest BCUT2D eigenvalue weighted by Gasteiger charge is 2.17. The van der Waals surface area contributed by atoms with Crippen LogP contribution >= 0.6 is 0 Å². The van der Waals surface area contributed by atoms with Crippen molar-refractivity contribution < 1.29 is 4.52 Å². The molecule has 5 aromatic rings. The van der Waals surface area contributed by atoms with E-state index in [1.165, 1.54) is 0 Å². The maximum absolute atomic E-state index is 5.41. The number of hydrogen-bond donors (Lipinski definition) is 0. The van der Waals surface area contributed by atoms with Crippen molar-refractivity contribution in [3.63, 3.8) is 0 Å². The lowest BCUT2D eigenvalue weighted by molar-refractivity contribution is 0.366. The number of para-hydroxylation sites is 1. The zero-order valence-corrected chi connectivity index (χ0v) is 14.2. The van der Waals surface area contributed by atoms with E-state index in [-0.39, 0.29) is 0 Å². The van der Waals surface area contributed by atoms with Gasteiger partial charge < -0.3 is 4.52 Å². The number of aromatic nitrogens is 8. The van der Waals surface area contributed by atoms with Crippen molar-refractivity contribution in [1.82, 2.24) is 39.7 Å². The summed E-state index contributed by atoms with van der Waals surface area (Å²) in [5.74, 6) is 0.899. The predicted octanol–water partition coefficient (Wildman–Crippen LogP) is 2.19. The van der Waals surface area contributed by atoms with Gasteiger partial charge in [-0.15, -0.1) is 5.10 Å². The van der Waals surface area contributed by atoms with Crippen LogP contribution in [0.5, 0.6) is 0 Å². The smallest absolute Gasteiger partial charge is 0.248 e. The minimum Gasteiger partial charge on any atom is -0.337 e. The maximum Gasteiger partial charge on any atom is 0.248 e. The zero-order chi connectivity index (χ0) is 17.7. The first-order valence-corrected chi connectivity index (χ1v) is 8.12. The second-order valence-electron chi connectivity index (χ2n) is 6.08. The summed E-state index contributed by atoms with van der Waals surface area (Å²) in [4.78, 5) is 9.03. The Labute approximate surface area is 147 Å². The third-order valence-corrected chi connectivity index (χ3v) is 4.19. The van der Waals surface area contributed by atoms with E-state index in [2.05, 4.69) is 30.5 Å². The number of fused-ring (bicyclic) bond motifs is 2. The summed E-state index contributed by atoms with van der Waals surface area (Å²) in [6.45, 7) is 4.27. The summed E-state index contributed by atoms with van der Waals surface area (Å²) < 4.78 is 8.90. The number of aryl methyl sites for hydroxylation is 2. The maximum atomic E-state index is 5.41. The van der Waals surface area contributed by atoms with E-state index >= 15 is 0 Å². The lowest BCUT2D eigenvalue weighted by Crippen LogP contribution is -2.02. The molecule has 5 rings (SSSR count). The Morgan fingerprint density at radius 1 is 1.12 bits per heavy atom. The molecule has 0 saturated heterocycles. The first kappa shape index (κ1) is 14.7. The second kappa shape index (κ2) is 5.45. The fourth-order valence-electron chi connectivity index (χ4n) is 3.02. The molecular weight excluding hydrogens is 332 g/mol. The molecule has 0 fully saturated rings. The van der Waals surface area contributed by atoms with Gasteiger partial charge in [-0.05, 0) is 32.0 Å². The Morgan fingerprint density at radius 3 is 2.92 bits per heavy atom. The lowest BCUT2D eigenvalue weighted by Gasteiger charge is -2.00. The molecular formula is C17H14N8O. The van der Waals surface area contributed by atoms with Gasteiger partial charge in [-0.25, -0.2) is 14.2 Å². The molecule has 0 aliphatic carbocycles. The Kier molecular flexibility index (Phi) is 3.08. The van der Waals surface area contributed by atoms with Gasteiger partial charge in [-0.2, -0.15) is 10.1 Å². The Morgan fingerprint density at radius 2 is 2.00 bits per heavy atom. The monoisotopic (exact) mass is 346 g/mol. The summed E-state index contributed by atoms with van der Waals surface area (Å²) in [5, 5.41) is 16.7. The highest BCUT2D eigenvalue weighted by Crippen LogP contribution is 2.22. The van der Waals surface area contributed by atoms with Crippen LogP contribution in [0.25, 0.3) is 28.1 Å². The van der Waals surface area contributed by atoms with Crippen LogP contribution in [0.15, 0.2) is 41.1 Å². The Hall–Kier alpha value is -3.62. The summed E-state index contributed by atoms with van der Waals surface area (Å²) in [7, 11) is 0. The van der Waals surface area contributed by atoms with Gasteiger partial charge in [0.25, 0.3) is 0 Å². The van der Waals surface area contributed by atoms with Crippen LogP contribution in [0.4, 0.5) is 0 Å². The molecule has 0 N–H and O–H groups in total. The Bertz CT molecular complexity index is 1250. The first-order chi connectivity index (χ1) is 12.7. The molecule has 9 nitrogen and oxygen atoms in total. The quantitative estimate of drug-likeness (QED) is 0.493. The molecule has 4 heterocycles. The highest BCUT2D eigenvalue weighted by molar-refractivity contribution is 5.74. The molecule has 4 aromatic heterocycles. The third-order valence-electron chi connectivity index (χ3n) is 4.19. The standard InChI is InChI=1S/C17H14N8O/c1-10-7-11(2)25-17(19-10)12(8-18-25)16-20-15(26-22-16)9-24-14-6-4-3-5-13(14)21-23-24/h3-8H,9H2,1-2H3. The molecule has 0 aliphatic heterocycles. The summed E-state index contributed by atoms with van der Waals surface area (Å²) in [5.41, 5.74) is 5.09. The van der Waals surface area contributed by atoms with Gasteiger partial charge in [-0.1, -0.05) is 22.5 Å². The van der Waals surface area contributed by atoms with Crippen molar-refractivity contribution in [3.05, 3.63) is 53.8 Å². The van der Waals surface area contributed by atoms with Crippen molar-refractivity contribution in [2.75, 3.05) is 0 Å². The Balaban J connectivity index is 1.53. The number of hydrogen-bond acceptors (Lipinski definition) is 7. The van der Waals surface area contributed by atoms with Gasteiger partial charge in [0, 0.05) is 11.4 Å². The van der Waals surface area contributed by atoms with Crippen LogP contribution in [0.2, 0.25) is 0 Å². The van der Waals surface area contributed by atoms with Crippen LogP contribution in [0, 0.1) is 13.8 Å². The predicted molar refractivity (Wildman–Crippen MR) is 92.4 cm³/mol. The summed E-state index contributed by atoms with van der Waals surface area (Å²) in [6.07, 6.45) is 1.70. The molecule has 9 heteroatoms. The first-order valence-electron chi connectivity index (χ1n) is 8.12. The molecule has 0 saturated carbocycles. The second-order valence-corrected chi connectivity index (χ2v) is 6.08. The molecule has 0 radical (unpaired) electrons. The van der Waals surface area contributed by atoms with Crippen molar-refractivity contribution in [2.45, 2.75) is 20.4 Å². The van der Waals surface area contributed by atoms with E-state index in [4.69, 9.17) is 4.52 Å². The molecule has 0 aliphatic rings. The number of benzene rings is 1. The largest absolute Gasteiger partial charge is 0.337 e. The van der Waals surface area contributed by atoms with E-state index in [0.29, 0.717) is 23.9 Å². The zero-order valence-electron chi connectivity index (χ0n) is 14.2. The fourth-order valence-corrected chi connectivity index (χ4v) is 3.02. The van der Waals surface area contributed by atoms with Crippen LogP contribution in [0.3, 0.4) is 0 Å². The van der Waals surface area contributed by atoms with E-state index in [1.807, 2.05) is 44.2 Å². The normalized spacial score (nSPS) is 11.6. The molecule has 0 unspecified atom stereocenters. The molecule has 0 atom stereocenters. The molecule has 26 heavy (non-hydrogen) atoms. The van der Waals surface area contributed by atoms with E-state index in [9.17, 15) is 0 Å². The average Bonchev–Trinajstić information content (AvgIpc) is 3.34. The van der Waals surface area contributed by atoms with Crippen molar-refractivity contribution in [3.8, 4) is 11.4 Å². The highest BCUT2D eigenvalue weighted by atomic mass is 16.5. The summed E-state index contributed by atoms with van der Waals surface area (Å²) in [6, 6.07) is 9.70. The number of nitrogens with zero attached hydrogens (tertiary/aromatic N) is 8. The molecule has 1 aromatic carbocycles. The van der Waals surface area contributed by atoms with Crippen molar-refractivity contribution >= 4 is 16.7 Å². The van der Waals surface area contributed by atoms with Crippen LogP contribution in [0.1, 0.15) is 17.3 Å². The van der Waals surface area contributed by atoms with Crippen LogP contribution in [-0.4, -0.2) is 39.7 Å². The molecule has 0 spiro atoms. The van der Waals surface area contributed by atoms with Gasteiger partial charge in [0.2, 0.25) is 11.7 Å². The SMILES string of the molecule is Cc1cc(C)n2ncc(-c3noc(Cn4nnc5ccccc54)n3)c2n1. The van der Waals surface area contributed by atoms with Crippen LogP contribution in [-0.2, 0) is 6.54 Å². The van der Waals surface area contributed by atoms with Gasteiger partial charge in [-0.3, -0.25) is 0 Å². The minimum absolute atomic E-state index is 0.345.